The predicted molar refractivity (Wildman–Crippen MR) is 69.0 cm³/mol. The van der Waals surface area contributed by atoms with Gasteiger partial charge in [-0.2, -0.15) is 0 Å². The van der Waals surface area contributed by atoms with E-state index in [2.05, 4.69) is 16.0 Å². The van der Waals surface area contributed by atoms with E-state index in [1.54, 1.807) is 0 Å². The van der Waals surface area contributed by atoms with Gasteiger partial charge in [0, 0.05) is 7.05 Å². The molecule has 0 spiro atoms. The van der Waals surface area contributed by atoms with Gasteiger partial charge in [0.1, 0.15) is 11.9 Å². The number of carboxylic acids is 1. The van der Waals surface area contributed by atoms with Crippen molar-refractivity contribution < 1.29 is 23.9 Å². The van der Waals surface area contributed by atoms with Gasteiger partial charge in [-0.3, -0.25) is 4.79 Å². The average Bonchev–Trinajstić information content (AvgIpc) is 2.39. The summed E-state index contributed by atoms with van der Waals surface area (Å²) in [7, 11) is 1.42. The van der Waals surface area contributed by atoms with Crippen LogP contribution < -0.4 is 16.0 Å². The zero-order chi connectivity index (χ0) is 15.3. The molecule has 0 radical (unpaired) electrons. The van der Waals surface area contributed by atoms with Gasteiger partial charge in [-0.1, -0.05) is 0 Å². The second kappa shape index (κ2) is 6.50. The lowest BCUT2D eigenvalue weighted by molar-refractivity contribution is -0.122. The second-order valence-electron chi connectivity index (χ2n) is 3.93. The number of halogens is 1. The van der Waals surface area contributed by atoms with Gasteiger partial charge in [-0.15, -0.1) is 0 Å². The lowest BCUT2D eigenvalue weighted by Gasteiger charge is -2.14. The first-order chi connectivity index (χ1) is 9.35. The van der Waals surface area contributed by atoms with Crippen molar-refractivity contribution in [1.82, 2.24) is 10.6 Å². The van der Waals surface area contributed by atoms with Gasteiger partial charge in [0.25, 0.3) is 0 Å². The molecule has 1 atom stereocenters. The largest absolute Gasteiger partial charge is 0.478 e. The van der Waals surface area contributed by atoms with Gasteiger partial charge in [-0.25, -0.2) is 14.0 Å². The molecular formula is C12H14FN3O4. The maximum atomic E-state index is 13.0. The Morgan fingerprint density at radius 1 is 1.30 bits per heavy atom. The Morgan fingerprint density at radius 3 is 2.50 bits per heavy atom. The molecule has 1 aromatic carbocycles. The highest BCUT2D eigenvalue weighted by atomic mass is 19.1. The molecule has 3 amide bonds. The predicted octanol–water partition coefficient (Wildman–Crippen LogP) is 0.780. The second-order valence-corrected chi connectivity index (χ2v) is 3.93. The third kappa shape index (κ3) is 3.94. The lowest BCUT2D eigenvalue weighted by atomic mass is 10.1. The molecule has 1 unspecified atom stereocenters. The van der Waals surface area contributed by atoms with E-state index in [1.807, 2.05) is 0 Å². The van der Waals surface area contributed by atoms with Crippen LogP contribution >= 0.6 is 0 Å². The molecule has 0 aliphatic heterocycles. The highest BCUT2D eigenvalue weighted by Crippen LogP contribution is 2.16. The standard InChI is InChI=1S/C12H14FN3O4/c1-6(10(17)14-2)15-12(20)16-9-4-3-7(13)5-8(9)11(18)19/h3-6H,1-2H3,(H,14,17)(H,18,19)(H2,15,16,20). The van der Waals surface area contributed by atoms with E-state index in [0.29, 0.717) is 0 Å². The van der Waals surface area contributed by atoms with Crippen LogP contribution in [0.3, 0.4) is 0 Å². The Balaban J connectivity index is 2.81. The number of hydrogen-bond acceptors (Lipinski definition) is 3. The van der Waals surface area contributed by atoms with Crippen LogP contribution in [0, 0.1) is 5.82 Å². The summed E-state index contributed by atoms with van der Waals surface area (Å²) in [6.45, 7) is 1.46. The number of aromatic carboxylic acids is 1. The number of anilines is 1. The van der Waals surface area contributed by atoms with E-state index in [9.17, 15) is 18.8 Å². The molecule has 0 aliphatic carbocycles. The fourth-order valence-corrected chi connectivity index (χ4v) is 1.44. The molecule has 7 nitrogen and oxygen atoms in total. The number of nitrogens with one attached hydrogen (secondary N) is 3. The van der Waals surface area contributed by atoms with E-state index in [1.165, 1.54) is 14.0 Å². The highest BCUT2D eigenvalue weighted by molar-refractivity contribution is 6.00. The zero-order valence-electron chi connectivity index (χ0n) is 10.9. The summed E-state index contributed by atoms with van der Waals surface area (Å²) >= 11 is 0. The Bertz CT molecular complexity index is 548. The van der Waals surface area contributed by atoms with Crippen molar-refractivity contribution in [3.8, 4) is 0 Å². The van der Waals surface area contributed by atoms with Crippen LogP contribution in [0.15, 0.2) is 18.2 Å². The van der Waals surface area contributed by atoms with Gasteiger partial charge in [0.15, 0.2) is 0 Å². The van der Waals surface area contributed by atoms with Gasteiger partial charge in [0.05, 0.1) is 11.3 Å². The number of carbonyl (C=O) groups excluding carboxylic acids is 2. The fraction of sp³-hybridized carbons (Fsp3) is 0.250. The van der Waals surface area contributed by atoms with E-state index < -0.39 is 29.8 Å². The molecule has 8 heteroatoms. The summed E-state index contributed by atoms with van der Waals surface area (Å²) in [6, 6.07) is 1.37. The molecule has 0 heterocycles. The number of urea groups is 1. The maximum absolute atomic E-state index is 13.0. The normalized spacial score (nSPS) is 11.3. The van der Waals surface area contributed by atoms with Crippen molar-refractivity contribution in [2.45, 2.75) is 13.0 Å². The Morgan fingerprint density at radius 2 is 1.95 bits per heavy atom. The number of carbonyl (C=O) groups is 3. The third-order valence-corrected chi connectivity index (χ3v) is 2.45. The molecule has 108 valence electrons. The SMILES string of the molecule is CNC(=O)C(C)NC(=O)Nc1ccc(F)cc1C(=O)O. The lowest BCUT2D eigenvalue weighted by Crippen LogP contribution is -2.45. The minimum absolute atomic E-state index is 0.0690. The number of likely N-dealkylation sites (N-methyl/N-ethyl adjacent to an activating group) is 1. The fourth-order valence-electron chi connectivity index (χ4n) is 1.44. The summed E-state index contributed by atoms with van der Waals surface area (Å²) < 4.78 is 13.0. The van der Waals surface area contributed by atoms with Crippen molar-refractivity contribution >= 4 is 23.6 Å². The van der Waals surface area contributed by atoms with Gasteiger partial charge in [-0.05, 0) is 25.1 Å². The van der Waals surface area contributed by atoms with E-state index in [-0.39, 0.29) is 11.3 Å². The maximum Gasteiger partial charge on any atom is 0.337 e. The van der Waals surface area contributed by atoms with Crippen molar-refractivity contribution in [3.63, 3.8) is 0 Å². The summed E-state index contributed by atoms with van der Waals surface area (Å²) in [4.78, 5) is 33.8. The minimum atomic E-state index is -1.38. The third-order valence-electron chi connectivity index (χ3n) is 2.45. The number of amides is 3. The van der Waals surface area contributed by atoms with Crippen LogP contribution in [0.25, 0.3) is 0 Å². The van der Waals surface area contributed by atoms with Crippen LogP contribution in [0.2, 0.25) is 0 Å². The summed E-state index contributed by atoms with van der Waals surface area (Å²) in [6.07, 6.45) is 0. The van der Waals surface area contributed by atoms with E-state index in [4.69, 9.17) is 5.11 Å². The minimum Gasteiger partial charge on any atom is -0.478 e. The van der Waals surface area contributed by atoms with Crippen molar-refractivity contribution in [2.75, 3.05) is 12.4 Å². The number of rotatable bonds is 4. The van der Waals surface area contributed by atoms with E-state index >= 15 is 0 Å². The van der Waals surface area contributed by atoms with E-state index in [0.717, 1.165) is 18.2 Å². The first kappa shape index (κ1) is 15.4. The topological polar surface area (TPSA) is 108 Å². The summed E-state index contributed by atoms with van der Waals surface area (Å²) in [5.41, 5.74) is -0.451. The van der Waals surface area contributed by atoms with Crippen LogP contribution in [0.1, 0.15) is 17.3 Å². The summed E-state index contributed by atoms with van der Waals surface area (Å²) in [5, 5.41) is 15.8. The van der Waals surface area contributed by atoms with Crippen LogP contribution in [0.4, 0.5) is 14.9 Å². The molecule has 0 aromatic heterocycles. The van der Waals surface area contributed by atoms with Gasteiger partial charge in [0.2, 0.25) is 5.91 Å². The number of carboxylic acid groups (broad SMARTS) is 1. The van der Waals surface area contributed by atoms with Gasteiger partial charge < -0.3 is 21.1 Å². The molecule has 1 aromatic rings. The molecule has 20 heavy (non-hydrogen) atoms. The average molecular weight is 283 g/mol. The molecule has 0 fully saturated rings. The zero-order valence-corrected chi connectivity index (χ0v) is 10.9. The molecule has 0 bridgehead atoms. The van der Waals surface area contributed by atoms with Crippen molar-refractivity contribution in [1.29, 1.82) is 0 Å². The van der Waals surface area contributed by atoms with Crippen LogP contribution in [0.5, 0.6) is 0 Å². The molecule has 1 rings (SSSR count). The monoisotopic (exact) mass is 283 g/mol. The van der Waals surface area contributed by atoms with Crippen LogP contribution in [-0.2, 0) is 4.79 Å². The summed E-state index contributed by atoms with van der Waals surface area (Å²) in [5.74, 6) is -2.51. The Kier molecular flexibility index (Phi) is 5.01. The first-order valence-corrected chi connectivity index (χ1v) is 5.67. The quantitative estimate of drug-likeness (QED) is 0.655. The van der Waals surface area contributed by atoms with Gasteiger partial charge >= 0.3 is 12.0 Å². The van der Waals surface area contributed by atoms with Crippen molar-refractivity contribution in [2.24, 2.45) is 0 Å². The highest BCUT2D eigenvalue weighted by Gasteiger charge is 2.17. The molecule has 0 saturated heterocycles. The Labute approximate surface area is 114 Å². The number of hydrogen-bond donors (Lipinski definition) is 4. The smallest absolute Gasteiger partial charge is 0.337 e. The first-order valence-electron chi connectivity index (χ1n) is 5.67. The van der Waals surface area contributed by atoms with Crippen molar-refractivity contribution in [3.05, 3.63) is 29.6 Å². The van der Waals surface area contributed by atoms with Crippen LogP contribution in [-0.4, -0.2) is 36.1 Å². The molecule has 0 aliphatic rings. The Hall–Kier alpha value is -2.64. The molecular weight excluding hydrogens is 269 g/mol. The molecule has 4 N–H and O–H groups in total. The number of benzene rings is 1. The molecule has 0 saturated carbocycles.